The summed E-state index contributed by atoms with van der Waals surface area (Å²) in [6.07, 6.45) is 0.406. The molecule has 0 radical (unpaired) electrons. The third-order valence-electron chi connectivity index (χ3n) is 5.16. The second-order valence-corrected chi connectivity index (χ2v) is 9.21. The van der Waals surface area contributed by atoms with Crippen LogP contribution in [0.25, 0.3) is 0 Å². The quantitative estimate of drug-likeness (QED) is 0.636. The zero-order valence-corrected chi connectivity index (χ0v) is 19.1. The van der Waals surface area contributed by atoms with E-state index in [0.29, 0.717) is 23.6 Å². The van der Waals surface area contributed by atoms with E-state index in [0.717, 1.165) is 11.3 Å². The SMILES string of the molecule is CC(C)c1nc(C[C@H](NC(=O)c2cc(C(C)(C)C)nn2C)c2ccccc2)cc(=O)[nH]1. The van der Waals surface area contributed by atoms with Crippen molar-refractivity contribution < 1.29 is 4.79 Å². The van der Waals surface area contributed by atoms with E-state index in [2.05, 4.69) is 41.2 Å². The topological polar surface area (TPSA) is 92.7 Å². The molecule has 3 aromatic rings. The first-order valence-electron chi connectivity index (χ1n) is 10.5. The lowest BCUT2D eigenvalue weighted by Gasteiger charge is -2.19. The van der Waals surface area contributed by atoms with Crippen molar-refractivity contribution in [3.8, 4) is 0 Å². The van der Waals surface area contributed by atoms with E-state index in [9.17, 15) is 9.59 Å². The molecule has 2 N–H and O–H groups in total. The van der Waals surface area contributed by atoms with Crippen LogP contribution in [0.2, 0.25) is 0 Å². The Labute approximate surface area is 182 Å². The van der Waals surface area contributed by atoms with Gasteiger partial charge in [0.1, 0.15) is 11.5 Å². The summed E-state index contributed by atoms with van der Waals surface area (Å²) in [5.74, 6) is 0.526. The van der Waals surface area contributed by atoms with Gasteiger partial charge in [0.05, 0.1) is 17.4 Å². The number of hydrogen-bond donors (Lipinski definition) is 2. The summed E-state index contributed by atoms with van der Waals surface area (Å²) >= 11 is 0. The highest BCUT2D eigenvalue weighted by atomic mass is 16.2. The molecular formula is C24H31N5O2. The van der Waals surface area contributed by atoms with Gasteiger partial charge in [0.15, 0.2) is 0 Å². The van der Waals surface area contributed by atoms with Crippen molar-refractivity contribution in [2.75, 3.05) is 0 Å². The molecule has 0 saturated heterocycles. The molecule has 7 heteroatoms. The van der Waals surface area contributed by atoms with Gasteiger partial charge in [-0.1, -0.05) is 65.0 Å². The van der Waals surface area contributed by atoms with Crippen molar-refractivity contribution in [1.29, 1.82) is 0 Å². The number of aryl methyl sites for hydroxylation is 1. The van der Waals surface area contributed by atoms with E-state index in [1.165, 1.54) is 6.07 Å². The van der Waals surface area contributed by atoms with Gasteiger partial charge in [-0.05, 0) is 11.6 Å². The summed E-state index contributed by atoms with van der Waals surface area (Å²) in [7, 11) is 1.77. The molecule has 31 heavy (non-hydrogen) atoms. The average molecular weight is 422 g/mol. The molecule has 1 aromatic carbocycles. The lowest BCUT2D eigenvalue weighted by Crippen LogP contribution is -2.32. The van der Waals surface area contributed by atoms with Crippen molar-refractivity contribution in [2.24, 2.45) is 7.05 Å². The second-order valence-electron chi connectivity index (χ2n) is 9.21. The molecule has 1 atom stereocenters. The van der Waals surface area contributed by atoms with Crippen LogP contribution in [0.4, 0.5) is 0 Å². The van der Waals surface area contributed by atoms with Crippen LogP contribution in [0.3, 0.4) is 0 Å². The number of carbonyl (C=O) groups excluding carboxylic acids is 1. The predicted octanol–water partition coefficient (Wildman–Crippen LogP) is 3.64. The molecule has 0 saturated carbocycles. The molecule has 0 aliphatic rings. The molecule has 0 spiro atoms. The summed E-state index contributed by atoms with van der Waals surface area (Å²) in [6.45, 7) is 10.2. The van der Waals surface area contributed by atoms with Crippen molar-refractivity contribution in [2.45, 2.75) is 58.4 Å². The summed E-state index contributed by atoms with van der Waals surface area (Å²) < 4.78 is 1.61. The van der Waals surface area contributed by atoms with Gasteiger partial charge in [-0.15, -0.1) is 0 Å². The van der Waals surface area contributed by atoms with Crippen LogP contribution in [-0.4, -0.2) is 25.7 Å². The van der Waals surface area contributed by atoms with Crippen LogP contribution in [0.5, 0.6) is 0 Å². The number of H-pyrrole nitrogens is 1. The maximum atomic E-state index is 13.2. The Bertz CT molecular complexity index is 1110. The number of rotatable bonds is 6. The van der Waals surface area contributed by atoms with Gasteiger partial charge in [0, 0.05) is 30.9 Å². The van der Waals surface area contributed by atoms with Gasteiger partial charge >= 0.3 is 0 Å². The zero-order chi connectivity index (χ0) is 22.8. The third-order valence-corrected chi connectivity index (χ3v) is 5.16. The first-order chi connectivity index (χ1) is 14.5. The minimum absolute atomic E-state index is 0.0997. The van der Waals surface area contributed by atoms with Gasteiger partial charge < -0.3 is 10.3 Å². The number of hydrogen-bond acceptors (Lipinski definition) is 4. The number of carbonyl (C=O) groups is 1. The van der Waals surface area contributed by atoms with E-state index in [1.807, 2.05) is 50.2 Å². The molecule has 2 aromatic heterocycles. The number of amides is 1. The van der Waals surface area contributed by atoms with Crippen molar-refractivity contribution >= 4 is 5.91 Å². The fourth-order valence-electron chi connectivity index (χ4n) is 3.33. The Kier molecular flexibility index (Phi) is 6.43. The molecule has 7 nitrogen and oxygen atoms in total. The van der Waals surface area contributed by atoms with Crippen LogP contribution in [0, 0.1) is 0 Å². The van der Waals surface area contributed by atoms with E-state index < -0.39 is 0 Å². The zero-order valence-electron chi connectivity index (χ0n) is 19.1. The van der Waals surface area contributed by atoms with Gasteiger partial charge in [-0.3, -0.25) is 14.3 Å². The molecule has 3 rings (SSSR count). The number of nitrogens with zero attached hydrogens (tertiary/aromatic N) is 3. The molecule has 0 aliphatic heterocycles. The Morgan fingerprint density at radius 2 is 1.84 bits per heavy atom. The van der Waals surface area contributed by atoms with E-state index >= 15 is 0 Å². The summed E-state index contributed by atoms with van der Waals surface area (Å²) in [5.41, 5.74) is 2.59. The van der Waals surface area contributed by atoms with Crippen LogP contribution in [-0.2, 0) is 18.9 Å². The maximum Gasteiger partial charge on any atom is 0.270 e. The van der Waals surface area contributed by atoms with Crippen molar-refractivity contribution in [3.05, 3.63) is 81.3 Å². The van der Waals surface area contributed by atoms with Crippen LogP contribution >= 0.6 is 0 Å². The van der Waals surface area contributed by atoms with E-state index in [-0.39, 0.29) is 28.8 Å². The Hall–Kier alpha value is -3.22. The van der Waals surface area contributed by atoms with Crippen LogP contribution in [0.1, 0.15) is 79.8 Å². The molecular weight excluding hydrogens is 390 g/mol. The number of benzene rings is 1. The first-order valence-corrected chi connectivity index (χ1v) is 10.5. The summed E-state index contributed by atoms with van der Waals surface area (Å²) in [6, 6.07) is 12.7. The predicted molar refractivity (Wildman–Crippen MR) is 121 cm³/mol. The fourth-order valence-corrected chi connectivity index (χ4v) is 3.33. The molecule has 0 unspecified atom stereocenters. The number of aromatic nitrogens is 4. The number of nitrogens with one attached hydrogen (secondary N) is 2. The normalized spacial score (nSPS) is 12.7. The Morgan fingerprint density at radius 1 is 1.16 bits per heavy atom. The number of aromatic amines is 1. The molecule has 0 bridgehead atoms. The molecule has 0 aliphatic carbocycles. The monoisotopic (exact) mass is 421 g/mol. The largest absolute Gasteiger partial charge is 0.344 e. The smallest absolute Gasteiger partial charge is 0.270 e. The minimum atomic E-state index is -0.337. The van der Waals surface area contributed by atoms with Crippen molar-refractivity contribution in [3.63, 3.8) is 0 Å². The minimum Gasteiger partial charge on any atom is -0.344 e. The van der Waals surface area contributed by atoms with Crippen LogP contribution in [0.15, 0.2) is 47.3 Å². The standard InChI is InChI=1S/C24H31N5O2/c1-15(2)22-25-17(13-21(30)27-22)12-18(16-10-8-7-9-11-16)26-23(31)19-14-20(24(3,4)5)28-29(19)6/h7-11,13-15,18H,12H2,1-6H3,(H,26,31)(H,25,27,30)/t18-/m0/s1. The van der Waals surface area contributed by atoms with Crippen molar-refractivity contribution in [1.82, 2.24) is 25.1 Å². The average Bonchev–Trinajstić information content (AvgIpc) is 3.10. The molecule has 164 valence electrons. The Morgan fingerprint density at radius 3 is 2.42 bits per heavy atom. The highest BCUT2D eigenvalue weighted by Crippen LogP contribution is 2.23. The summed E-state index contributed by atoms with van der Waals surface area (Å²) in [4.78, 5) is 32.7. The summed E-state index contributed by atoms with van der Waals surface area (Å²) in [5, 5.41) is 7.63. The van der Waals surface area contributed by atoms with Gasteiger partial charge in [-0.2, -0.15) is 5.10 Å². The van der Waals surface area contributed by atoms with Crippen LogP contribution < -0.4 is 10.9 Å². The second kappa shape index (κ2) is 8.88. The van der Waals surface area contributed by atoms with E-state index in [1.54, 1.807) is 11.7 Å². The van der Waals surface area contributed by atoms with Gasteiger partial charge in [0.25, 0.3) is 11.5 Å². The lowest BCUT2D eigenvalue weighted by molar-refractivity contribution is 0.0926. The lowest BCUT2D eigenvalue weighted by atomic mass is 9.92. The molecule has 2 heterocycles. The molecule has 0 fully saturated rings. The highest BCUT2D eigenvalue weighted by Gasteiger charge is 2.24. The maximum absolute atomic E-state index is 13.2. The Balaban J connectivity index is 1.92. The third kappa shape index (κ3) is 5.48. The van der Waals surface area contributed by atoms with Gasteiger partial charge in [0.2, 0.25) is 0 Å². The van der Waals surface area contributed by atoms with E-state index in [4.69, 9.17) is 0 Å². The first kappa shape index (κ1) is 22.5. The highest BCUT2D eigenvalue weighted by molar-refractivity contribution is 5.93. The van der Waals surface area contributed by atoms with Gasteiger partial charge in [-0.25, -0.2) is 4.98 Å². The molecule has 1 amide bonds. The fraction of sp³-hybridized carbons (Fsp3) is 0.417.